The van der Waals surface area contributed by atoms with Crippen LogP contribution in [0.2, 0.25) is 0 Å². The molecule has 1 aromatic heterocycles. The molecular formula is C13H11BrO4S2. The molecule has 0 bridgehead atoms. The maximum atomic E-state index is 12.3. The summed E-state index contributed by atoms with van der Waals surface area (Å²) in [4.78, 5) is 10.9. The molecule has 7 heteroatoms. The second-order valence-electron chi connectivity index (χ2n) is 4.15. The average Bonchev–Trinajstić information content (AvgIpc) is 2.89. The number of carboxylic acids is 1. The minimum atomic E-state index is -3.53. The van der Waals surface area contributed by atoms with Gasteiger partial charge in [0.15, 0.2) is 9.84 Å². The molecule has 0 saturated heterocycles. The largest absolute Gasteiger partial charge is 0.478 e. The molecule has 20 heavy (non-hydrogen) atoms. The van der Waals surface area contributed by atoms with Crippen LogP contribution in [0.25, 0.3) is 0 Å². The maximum Gasteiger partial charge on any atom is 0.335 e. The van der Waals surface area contributed by atoms with Gasteiger partial charge in [0.25, 0.3) is 0 Å². The Bertz CT molecular complexity index is 721. The summed E-state index contributed by atoms with van der Waals surface area (Å²) in [5.41, 5.74) is 0.923. The van der Waals surface area contributed by atoms with Crippen molar-refractivity contribution in [3.63, 3.8) is 0 Å². The van der Waals surface area contributed by atoms with Gasteiger partial charge in [-0.25, -0.2) is 13.2 Å². The normalized spacial score (nSPS) is 11.4. The predicted molar refractivity (Wildman–Crippen MR) is 81.2 cm³/mol. The highest BCUT2D eigenvalue weighted by Crippen LogP contribution is 2.25. The van der Waals surface area contributed by atoms with Gasteiger partial charge in [-0.15, -0.1) is 0 Å². The van der Waals surface area contributed by atoms with Crippen LogP contribution in [0.3, 0.4) is 0 Å². The standard InChI is InChI=1S/C13H11BrO4S2/c14-11-2-1-10(13(15)16)7-12(11)20(17,18)6-4-9-3-5-19-8-9/h1-3,5,7-8H,4,6H2,(H,15,16). The fourth-order valence-corrected chi connectivity index (χ4v) is 4.76. The van der Waals surface area contributed by atoms with Crippen LogP contribution in [0.15, 0.2) is 44.4 Å². The number of aryl methyl sites for hydroxylation is 1. The van der Waals surface area contributed by atoms with Gasteiger partial charge < -0.3 is 5.11 Å². The zero-order chi connectivity index (χ0) is 14.8. The Hall–Kier alpha value is -1.18. The van der Waals surface area contributed by atoms with Gasteiger partial charge in [0.2, 0.25) is 0 Å². The molecule has 1 aromatic carbocycles. The first kappa shape index (κ1) is 15.2. The van der Waals surface area contributed by atoms with Crippen LogP contribution in [0.1, 0.15) is 15.9 Å². The van der Waals surface area contributed by atoms with Gasteiger partial charge in [-0.3, -0.25) is 0 Å². The van der Waals surface area contributed by atoms with E-state index in [9.17, 15) is 13.2 Å². The van der Waals surface area contributed by atoms with Crippen LogP contribution in [-0.2, 0) is 16.3 Å². The number of rotatable bonds is 5. The predicted octanol–water partition coefficient (Wildman–Crippen LogP) is 3.23. The van der Waals surface area contributed by atoms with E-state index in [4.69, 9.17) is 5.11 Å². The van der Waals surface area contributed by atoms with Gasteiger partial charge >= 0.3 is 5.97 Å². The summed E-state index contributed by atoms with van der Waals surface area (Å²) in [6.45, 7) is 0. The number of halogens is 1. The fourth-order valence-electron chi connectivity index (χ4n) is 1.67. The van der Waals surface area contributed by atoms with Gasteiger partial charge in [0.05, 0.1) is 16.2 Å². The smallest absolute Gasteiger partial charge is 0.335 e. The summed E-state index contributed by atoms with van der Waals surface area (Å²) in [5, 5.41) is 12.7. The van der Waals surface area contributed by atoms with Crippen molar-refractivity contribution in [2.45, 2.75) is 11.3 Å². The van der Waals surface area contributed by atoms with E-state index in [1.165, 1.54) is 29.5 Å². The average molecular weight is 375 g/mol. The minimum absolute atomic E-state index is 0.0210. The third kappa shape index (κ3) is 3.47. The maximum absolute atomic E-state index is 12.3. The Kier molecular flexibility index (Phi) is 4.62. The first-order valence-corrected chi connectivity index (χ1v) is 9.05. The number of aromatic carboxylic acids is 1. The van der Waals surface area contributed by atoms with Crippen LogP contribution in [-0.4, -0.2) is 25.2 Å². The number of hydrogen-bond acceptors (Lipinski definition) is 4. The number of hydrogen-bond donors (Lipinski definition) is 1. The Balaban J connectivity index is 2.28. The highest BCUT2D eigenvalue weighted by molar-refractivity contribution is 9.10. The summed E-state index contributed by atoms with van der Waals surface area (Å²) in [7, 11) is -3.53. The molecule has 0 radical (unpaired) electrons. The van der Waals surface area contributed by atoms with Crippen molar-refractivity contribution < 1.29 is 18.3 Å². The second kappa shape index (κ2) is 6.07. The number of carbonyl (C=O) groups is 1. The summed E-state index contributed by atoms with van der Waals surface area (Å²) in [6.07, 6.45) is 0.412. The molecule has 0 spiro atoms. The Morgan fingerprint density at radius 2 is 2.05 bits per heavy atom. The van der Waals surface area contributed by atoms with Crippen molar-refractivity contribution in [2.24, 2.45) is 0 Å². The molecule has 0 aliphatic carbocycles. The molecule has 0 fully saturated rings. The van der Waals surface area contributed by atoms with Gasteiger partial charge in [0.1, 0.15) is 0 Å². The molecular weight excluding hydrogens is 364 g/mol. The fraction of sp³-hybridized carbons (Fsp3) is 0.154. The lowest BCUT2D eigenvalue weighted by Gasteiger charge is -2.07. The van der Waals surface area contributed by atoms with E-state index in [1.807, 2.05) is 16.8 Å². The van der Waals surface area contributed by atoms with Crippen LogP contribution in [0.5, 0.6) is 0 Å². The highest BCUT2D eigenvalue weighted by Gasteiger charge is 2.20. The zero-order valence-corrected chi connectivity index (χ0v) is 13.5. The minimum Gasteiger partial charge on any atom is -0.478 e. The number of sulfone groups is 1. The van der Waals surface area contributed by atoms with Crippen molar-refractivity contribution >= 4 is 43.1 Å². The molecule has 0 saturated carbocycles. The van der Waals surface area contributed by atoms with Crippen molar-refractivity contribution in [3.05, 3.63) is 50.6 Å². The van der Waals surface area contributed by atoms with Crippen molar-refractivity contribution in [3.8, 4) is 0 Å². The molecule has 1 N–H and O–H groups in total. The van der Waals surface area contributed by atoms with E-state index in [2.05, 4.69) is 15.9 Å². The van der Waals surface area contributed by atoms with Crippen LogP contribution in [0, 0.1) is 0 Å². The Morgan fingerprint density at radius 1 is 1.30 bits per heavy atom. The van der Waals surface area contributed by atoms with E-state index in [1.54, 1.807) is 0 Å². The van der Waals surface area contributed by atoms with Crippen LogP contribution in [0.4, 0.5) is 0 Å². The zero-order valence-electron chi connectivity index (χ0n) is 10.2. The Morgan fingerprint density at radius 3 is 2.65 bits per heavy atom. The van der Waals surface area contributed by atoms with E-state index < -0.39 is 15.8 Å². The van der Waals surface area contributed by atoms with Crippen molar-refractivity contribution in [1.29, 1.82) is 0 Å². The first-order valence-electron chi connectivity index (χ1n) is 5.67. The molecule has 0 aliphatic heterocycles. The van der Waals surface area contributed by atoms with E-state index in [0.29, 0.717) is 10.9 Å². The van der Waals surface area contributed by atoms with Gasteiger partial charge in [-0.1, -0.05) is 0 Å². The van der Waals surface area contributed by atoms with E-state index in [0.717, 1.165) is 5.56 Å². The van der Waals surface area contributed by atoms with Gasteiger partial charge in [0, 0.05) is 4.47 Å². The summed E-state index contributed by atoms with van der Waals surface area (Å²) < 4.78 is 25.0. The molecule has 2 aromatic rings. The second-order valence-corrected chi connectivity index (χ2v) is 7.86. The monoisotopic (exact) mass is 374 g/mol. The number of benzene rings is 1. The molecule has 0 aliphatic rings. The lowest BCUT2D eigenvalue weighted by molar-refractivity contribution is 0.0696. The van der Waals surface area contributed by atoms with E-state index >= 15 is 0 Å². The molecule has 0 unspecified atom stereocenters. The quantitative estimate of drug-likeness (QED) is 0.871. The SMILES string of the molecule is O=C(O)c1ccc(Br)c(S(=O)(=O)CCc2ccsc2)c1. The summed E-state index contributed by atoms with van der Waals surface area (Å²) in [6, 6.07) is 5.88. The van der Waals surface area contributed by atoms with Gasteiger partial charge in [-0.2, -0.15) is 11.3 Å². The van der Waals surface area contributed by atoms with Gasteiger partial charge in [-0.05, 0) is 62.9 Å². The van der Waals surface area contributed by atoms with E-state index in [-0.39, 0.29) is 16.2 Å². The molecule has 0 amide bonds. The van der Waals surface area contributed by atoms with Crippen LogP contribution < -0.4 is 0 Å². The highest BCUT2D eigenvalue weighted by atomic mass is 79.9. The number of thiophene rings is 1. The molecule has 0 atom stereocenters. The summed E-state index contributed by atoms with van der Waals surface area (Å²) >= 11 is 4.68. The molecule has 106 valence electrons. The van der Waals surface area contributed by atoms with Crippen LogP contribution >= 0.6 is 27.3 Å². The summed E-state index contributed by atoms with van der Waals surface area (Å²) in [5.74, 6) is -1.20. The third-order valence-corrected chi connectivity index (χ3v) is 6.19. The number of carboxylic acid groups (broad SMARTS) is 1. The lowest BCUT2D eigenvalue weighted by atomic mass is 10.2. The third-order valence-electron chi connectivity index (χ3n) is 2.75. The lowest BCUT2D eigenvalue weighted by Crippen LogP contribution is -2.11. The van der Waals surface area contributed by atoms with Crippen molar-refractivity contribution in [1.82, 2.24) is 0 Å². The molecule has 1 heterocycles. The molecule has 4 nitrogen and oxygen atoms in total. The van der Waals surface area contributed by atoms with Crippen molar-refractivity contribution in [2.75, 3.05) is 5.75 Å². The first-order chi connectivity index (χ1) is 9.40. The Labute approximate surface area is 129 Å². The topological polar surface area (TPSA) is 71.4 Å². The molecule has 2 rings (SSSR count).